The lowest BCUT2D eigenvalue weighted by atomic mass is 10.2. The van der Waals surface area contributed by atoms with E-state index in [-0.39, 0.29) is 5.82 Å². The van der Waals surface area contributed by atoms with Crippen LogP contribution in [-0.2, 0) is 16.4 Å². The highest BCUT2D eigenvalue weighted by Crippen LogP contribution is 2.18. The predicted molar refractivity (Wildman–Crippen MR) is 72.0 cm³/mol. The van der Waals surface area contributed by atoms with E-state index in [1.54, 1.807) is 19.9 Å². The van der Waals surface area contributed by atoms with Gasteiger partial charge in [0, 0.05) is 24.4 Å². The molecule has 0 aliphatic heterocycles. The van der Waals surface area contributed by atoms with Crippen molar-refractivity contribution in [3.05, 3.63) is 34.6 Å². The van der Waals surface area contributed by atoms with Crippen LogP contribution in [-0.4, -0.2) is 26.0 Å². The van der Waals surface area contributed by atoms with E-state index in [1.165, 1.54) is 18.4 Å². The fraction of sp³-hybridized carbons (Fsp3) is 0.500. The molecule has 0 aromatic heterocycles. The number of nitrogens with one attached hydrogen (secondary N) is 1. The molecular formula is C12H17ClFNO2S. The molecule has 1 aromatic rings. The second-order valence-corrected chi connectivity index (χ2v) is 7.93. The normalized spacial score (nSPS) is 12.7. The Morgan fingerprint density at radius 2 is 2.00 bits per heavy atom. The van der Waals surface area contributed by atoms with E-state index < -0.39 is 14.6 Å². The molecule has 102 valence electrons. The van der Waals surface area contributed by atoms with Crippen molar-refractivity contribution >= 4 is 21.4 Å². The molecule has 0 bridgehead atoms. The SMILES string of the molecule is CC(C)(CNCc1ccc(F)cc1Cl)S(C)(=O)=O. The van der Waals surface area contributed by atoms with Crippen molar-refractivity contribution in [2.45, 2.75) is 25.1 Å². The molecule has 0 unspecified atom stereocenters. The van der Waals surface area contributed by atoms with Crippen molar-refractivity contribution in [3.63, 3.8) is 0 Å². The molecule has 0 saturated heterocycles. The number of rotatable bonds is 5. The standard InChI is InChI=1S/C12H17ClFNO2S/c1-12(2,18(3,16)17)8-15-7-9-4-5-10(14)6-11(9)13/h4-6,15H,7-8H2,1-3H3. The summed E-state index contributed by atoms with van der Waals surface area (Å²) in [7, 11) is -3.13. The Bertz CT molecular complexity index is 529. The van der Waals surface area contributed by atoms with E-state index in [4.69, 9.17) is 11.6 Å². The summed E-state index contributed by atoms with van der Waals surface area (Å²) in [6.45, 7) is 4.01. The second kappa shape index (κ2) is 5.55. The van der Waals surface area contributed by atoms with Crippen molar-refractivity contribution in [1.82, 2.24) is 5.32 Å². The van der Waals surface area contributed by atoms with Gasteiger partial charge in [-0.2, -0.15) is 0 Å². The number of hydrogen-bond acceptors (Lipinski definition) is 3. The summed E-state index contributed by atoms with van der Waals surface area (Å²) in [6.07, 6.45) is 1.21. The molecule has 3 nitrogen and oxygen atoms in total. The zero-order valence-corrected chi connectivity index (χ0v) is 12.2. The molecule has 0 heterocycles. The quantitative estimate of drug-likeness (QED) is 0.907. The van der Waals surface area contributed by atoms with E-state index in [9.17, 15) is 12.8 Å². The van der Waals surface area contributed by atoms with Crippen molar-refractivity contribution < 1.29 is 12.8 Å². The lowest BCUT2D eigenvalue weighted by Gasteiger charge is -2.23. The van der Waals surface area contributed by atoms with E-state index in [2.05, 4.69) is 5.32 Å². The van der Waals surface area contributed by atoms with Gasteiger partial charge in [-0.15, -0.1) is 0 Å². The van der Waals surface area contributed by atoms with Gasteiger partial charge >= 0.3 is 0 Å². The van der Waals surface area contributed by atoms with E-state index >= 15 is 0 Å². The second-order valence-electron chi connectivity index (χ2n) is 4.87. The number of sulfone groups is 1. The van der Waals surface area contributed by atoms with Crippen LogP contribution in [0.5, 0.6) is 0 Å². The summed E-state index contributed by atoms with van der Waals surface area (Å²) in [4.78, 5) is 0. The van der Waals surface area contributed by atoms with Crippen LogP contribution >= 0.6 is 11.6 Å². The highest BCUT2D eigenvalue weighted by atomic mass is 35.5. The third kappa shape index (κ3) is 3.93. The number of benzene rings is 1. The molecule has 6 heteroatoms. The average molecular weight is 294 g/mol. The Morgan fingerprint density at radius 3 is 2.50 bits per heavy atom. The molecule has 0 spiro atoms. The van der Waals surface area contributed by atoms with Crippen LogP contribution in [0.3, 0.4) is 0 Å². The Labute approximate surface area is 112 Å². The van der Waals surface area contributed by atoms with Gasteiger partial charge in [-0.1, -0.05) is 17.7 Å². The Balaban J connectivity index is 2.62. The molecule has 0 aliphatic rings. The van der Waals surface area contributed by atoms with Crippen LogP contribution in [0.2, 0.25) is 5.02 Å². The van der Waals surface area contributed by atoms with Crippen LogP contribution < -0.4 is 5.32 Å². The van der Waals surface area contributed by atoms with Crippen molar-refractivity contribution in [3.8, 4) is 0 Å². The minimum atomic E-state index is -3.13. The molecule has 18 heavy (non-hydrogen) atoms. The van der Waals surface area contributed by atoms with Gasteiger partial charge in [0.1, 0.15) is 5.82 Å². The van der Waals surface area contributed by atoms with Crippen molar-refractivity contribution in [1.29, 1.82) is 0 Å². The molecule has 0 amide bonds. The average Bonchev–Trinajstić information content (AvgIpc) is 2.19. The third-order valence-corrected chi connectivity index (χ3v) is 5.39. The molecule has 0 atom stereocenters. The van der Waals surface area contributed by atoms with Crippen LogP contribution in [0.15, 0.2) is 18.2 Å². The van der Waals surface area contributed by atoms with Gasteiger partial charge in [0.05, 0.1) is 4.75 Å². The fourth-order valence-corrected chi connectivity index (χ4v) is 1.89. The lowest BCUT2D eigenvalue weighted by molar-refractivity contribution is 0.521. The van der Waals surface area contributed by atoms with Gasteiger partial charge in [-0.25, -0.2) is 12.8 Å². The maximum Gasteiger partial charge on any atom is 0.153 e. The molecule has 0 saturated carbocycles. The smallest absolute Gasteiger partial charge is 0.153 e. The summed E-state index contributed by atoms with van der Waals surface area (Å²) in [5.41, 5.74) is 0.738. The molecule has 1 N–H and O–H groups in total. The molecule has 0 aliphatic carbocycles. The first-order valence-electron chi connectivity index (χ1n) is 5.48. The van der Waals surface area contributed by atoms with Crippen LogP contribution in [0, 0.1) is 5.82 Å². The van der Waals surface area contributed by atoms with E-state index in [1.807, 2.05) is 0 Å². The minimum Gasteiger partial charge on any atom is -0.311 e. The van der Waals surface area contributed by atoms with Gasteiger partial charge in [-0.05, 0) is 31.5 Å². The Kier molecular flexibility index (Phi) is 4.75. The highest BCUT2D eigenvalue weighted by Gasteiger charge is 2.29. The van der Waals surface area contributed by atoms with Gasteiger partial charge in [0.2, 0.25) is 0 Å². The van der Waals surface area contributed by atoms with Crippen LogP contribution in [0.1, 0.15) is 19.4 Å². The largest absolute Gasteiger partial charge is 0.311 e. The Hall–Kier alpha value is -0.650. The van der Waals surface area contributed by atoms with Crippen LogP contribution in [0.4, 0.5) is 4.39 Å². The molecule has 0 radical (unpaired) electrons. The lowest BCUT2D eigenvalue weighted by Crippen LogP contribution is -2.41. The molecule has 0 fully saturated rings. The number of hydrogen-bond donors (Lipinski definition) is 1. The van der Waals surface area contributed by atoms with E-state index in [0.29, 0.717) is 18.1 Å². The summed E-state index contributed by atoms with van der Waals surface area (Å²) >= 11 is 5.87. The molecule has 1 aromatic carbocycles. The topological polar surface area (TPSA) is 46.2 Å². The first-order valence-corrected chi connectivity index (χ1v) is 7.75. The summed E-state index contributed by atoms with van der Waals surface area (Å²) in [5.74, 6) is -0.389. The fourth-order valence-electron chi connectivity index (χ4n) is 1.29. The van der Waals surface area contributed by atoms with Crippen LogP contribution in [0.25, 0.3) is 0 Å². The zero-order chi connectivity index (χ0) is 14.0. The summed E-state index contributed by atoms with van der Waals surface area (Å²) in [6, 6.07) is 4.14. The number of halogens is 2. The monoisotopic (exact) mass is 293 g/mol. The van der Waals surface area contributed by atoms with Gasteiger partial charge < -0.3 is 5.32 Å². The highest BCUT2D eigenvalue weighted by molar-refractivity contribution is 7.92. The predicted octanol–water partition coefficient (Wildman–Crippen LogP) is 2.39. The maximum absolute atomic E-state index is 12.8. The maximum atomic E-state index is 12.8. The third-order valence-electron chi connectivity index (χ3n) is 2.89. The van der Waals surface area contributed by atoms with E-state index in [0.717, 1.165) is 5.56 Å². The summed E-state index contributed by atoms with van der Waals surface area (Å²) in [5, 5.41) is 3.36. The van der Waals surface area contributed by atoms with Crippen molar-refractivity contribution in [2.24, 2.45) is 0 Å². The minimum absolute atomic E-state index is 0.305. The molecule has 1 rings (SSSR count). The zero-order valence-electron chi connectivity index (χ0n) is 10.6. The van der Waals surface area contributed by atoms with Gasteiger partial charge in [-0.3, -0.25) is 0 Å². The Morgan fingerprint density at radius 1 is 1.39 bits per heavy atom. The van der Waals surface area contributed by atoms with Crippen molar-refractivity contribution in [2.75, 3.05) is 12.8 Å². The first kappa shape index (κ1) is 15.4. The summed E-state index contributed by atoms with van der Waals surface area (Å²) < 4.78 is 35.0. The van der Waals surface area contributed by atoms with Gasteiger partial charge in [0.25, 0.3) is 0 Å². The molecular weight excluding hydrogens is 277 g/mol. The first-order chi connectivity index (χ1) is 8.13. The van der Waals surface area contributed by atoms with Gasteiger partial charge in [0.15, 0.2) is 9.84 Å².